The summed E-state index contributed by atoms with van der Waals surface area (Å²) < 4.78 is 21.1. The molecule has 1 aliphatic rings. The van der Waals surface area contributed by atoms with Crippen LogP contribution in [0.5, 0.6) is 17.2 Å². The van der Waals surface area contributed by atoms with E-state index in [1.807, 2.05) is 18.2 Å². The predicted octanol–water partition coefficient (Wildman–Crippen LogP) is 2.85. The number of fused-ring (bicyclic) bond motifs is 1. The zero-order valence-corrected chi connectivity index (χ0v) is 16.7. The Bertz CT molecular complexity index is 972. The van der Waals surface area contributed by atoms with Crippen LogP contribution in [0.1, 0.15) is 16.7 Å². The van der Waals surface area contributed by atoms with Gasteiger partial charge in [-0.25, -0.2) is 0 Å². The van der Waals surface area contributed by atoms with E-state index in [4.69, 9.17) is 18.9 Å². The van der Waals surface area contributed by atoms with Gasteiger partial charge in [-0.2, -0.15) is 0 Å². The number of carbonyl (C=O) groups is 1. The fraction of sp³-hybridized carbons (Fsp3) is 0.286. The highest BCUT2D eigenvalue weighted by Gasteiger charge is 2.19. The molecule has 1 amide bonds. The second-order valence-electron chi connectivity index (χ2n) is 6.45. The monoisotopic (exact) mass is 414 g/mol. The molecule has 0 unspecified atom stereocenters. The molecule has 158 valence electrons. The van der Waals surface area contributed by atoms with Gasteiger partial charge in [0.25, 0.3) is 5.69 Å². The van der Waals surface area contributed by atoms with Gasteiger partial charge in [0.15, 0.2) is 18.3 Å². The van der Waals surface area contributed by atoms with Crippen LogP contribution in [-0.4, -0.2) is 38.4 Å². The van der Waals surface area contributed by atoms with E-state index in [-0.39, 0.29) is 25.0 Å². The van der Waals surface area contributed by atoms with Crippen LogP contribution in [0.25, 0.3) is 6.08 Å². The molecule has 0 fully saturated rings. The van der Waals surface area contributed by atoms with Crippen molar-refractivity contribution in [3.63, 3.8) is 0 Å². The van der Waals surface area contributed by atoms with Gasteiger partial charge in [0.1, 0.15) is 5.75 Å². The molecule has 9 heteroatoms. The molecule has 1 aliphatic heterocycles. The SMILES string of the molecule is COc1ccc(CCNC(=O)/C=C/c2cc([N+](=O)[O-])cc3c2OCOC3)cc1OC. The van der Waals surface area contributed by atoms with E-state index in [9.17, 15) is 14.9 Å². The van der Waals surface area contributed by atoms with E-state index < -0.39 is 4.92 Å². The molecular formula is C21H22N2O7. The molecule has 2 aromatic carbocycles. The number of hydrogen-bond donors (Lipinski definition) is 1. The average molecular weight is 414 g/mol. The first-order chi connectivity index (χ1) is 14.5. The minimum Gasteiger partial charge on any atom is -0.493 e. The lowest BCUT2D eigenvalue weighted by molar-refractivity contribution is -0.385. The van der Waals surface area contributed by atoms with Crippen LogP contribution >= 0.6 is 0 Å². The van der Waals surface area contributed by atoms with Crippen LogP contribution in [0.3, 0.4) is 0 Å². The van der Waals surface area contributed by atoms with E-state index in [0.717, 1.165) is 5.56 Å². The number of nitrogens with one attached hydrogen (secondary N) is 1. The minimum absolute atomic E-state index is 0.0587. The largest absolute Gasteiger partial charge is 0.493 e. The lowest BCUT2D eigenvalue weighted by Gasteiger charge is -2.19. The molecule has 0 saturated carbocycles. The number of benzene rings is 2. The zero-order chi connectivity index (χ0) is 21.5. The first-order valence-corrected chi connectivity index (χ1v) is 9.20. The number of hydrogen-bond acceptors (Lipinski definition) is 7. The molecule has 0 saturated heterocycles. The second-order valence-corrected chi connectivity index (χ2v) is 6.45. The van der Waals surface area contributed by atoms with Gasteiger partial charge in [0, 0.05) is 35.9 Å². The summed E-state index contributed by atoms with van der Waals surface area (Å²) in [5.41, 5.74) is 1.93. The number of carbonyl (C=O) groups excluding carboxylic acids is 1. The molecule has 30 heavy (non-hydrogen) atoms. The van der Waals surface area contributed by atoms with Crippen molar-refractivity contribution >= 4 is 17.7 Å². The Morgan fingerprint density at radius 1 is 1.23 bits per heavy atom. The molecule has 0 bridgehead atoms. The molecule has 0 atom stereocenters. The van der Waals surface area contributed by atoms with Crippen molar-refractivity contribution in [2.75, 3.05) is 27.6 Å². The van der Waals surface area contributed by atoms with Crippen LogP contribution in [0.4, 0.5) is 5.69 Å². The van der Waals surface area contributed by atoms with Crippen molar-refractivity contribution in [2.24, 2.45) is 0 Å². The standard InChI is InChI=1S/C21H22N2O7/c1-27-18-5-3-14(9-19(18)28-2)7-8-22-20(24)6-4-15-10-17(23(25)26)11-16-12-29-13-30-21(15)16/h3-6,9-11H,7-8,12-13H2,1-2H3,(H,22,24)/b6-4+. The van der Waals surface area contributed by atoms with Crippen LogP contribution in [-0.2, 0) is 22.6 Å². The van der Waals surface area contributed by atoms with Crippen LogP contribution in [0.15, 0.2) is 36.4 Å². The van der Waals surface area contributed by atoms with E-state index in [1.165, 1.54) is 24.3 Å². The third-order valence-electron chi connectivity index (χ3n) is 4.51. The minimum atomic E-state index is -0.491. The lowest BCUT2D eigenvalue weighted by atomic mass is 10.1. The third-order valence-corrected chi connectivity index (χ3v) is 4.51. The van der Waals surface area contributed by atoms with Crippen molar-refractivity contribution < 1.29 is 28.7 Å². The van der Waals surface area contributed by atoms with Gasteiger partial charge in [-0.05, 0) is 30.2 Å². The summed E-state index contributed by atoms with van der Waals surface area (Å²) in [6.07, 6.45) is 3.43. The van der Waals surface area contributed by atoms with E-state index in [1.54, 1.807) is 14.2 Å². The number of non-ortho nitro benzene ring substituents is 1. The molecule has 1 N–H and O–H groups in total. The first kappa shape index (κ1) is 21.1. The summed E-state index contributed by atoms with van der Waals surface area (Å²) in [6.45, 7) is 0.689. The smallest absolute Gasteiger partial charge is 0.270 e. The summed E-state index contributed by atoms with van der Waals surface area (Å²) >= 11 is 0. The average Bonchev–Trinajstić information content (AvgIpc) is 2.77. The number of nitro groups is 1. The summed E-state index contributed by atoms with van der Waals surface area (Å²) in [7, 11) is 3.14. The highest BCUT2D eigenvalue weighted by atomic mass is 16.7. The van der Waals surface area contributed by atoms with Crippen molar-refractivity contribution in [2.45, 2.75) is 13.0 Å². The summed E-state index contributed by atoms with van der Waals surface area (Å²) in [4.78, 5) is 22.8. The Balaban J connectivity index is 1.62. The Morgan fingerprint density at radius 3 is 2.77 bits per heavy atom. The number of amides is 1. The van der Waals surface area contributed by atoms with Crippen molar-refractivity contribution in [3.8, 4) is 17.2 Å². The Morgan fingerprint density at radius 2 is 2.03 bits per heavy atom. The van der Waals surface area contributed by atoms with Gasteiger partial charge in [-0.3, -0.25) is 14.9 Å². The maximum absolute atomic E-state index is 12.2. The fourth-order valence-electron chi connectivity index (χ4n) is 3.05. The Labute approximate surface area is 173 Å². The number of methoxy groups -OCH3 is 2. The van der Waals surface area contributed by atoms with Gasteiger partial charge in [0.2, 0.25) is 5.91 Å². The van der Waals surface area contributed by atoms with Gasteiger partial charge in [0.05, 0.1) is 25.7 Å². The first-order valence-electron chi connectivity index (χ1n) is 9.20. The van der Waals surface area contributed by atoms with E-state index in [2.05, 4.69) is 5.32 Å². The second kappa shape index (κ2) is 9.75. The molecule has 0 aliphatic carbocycles. The van der Waals surface area contributed by atoms with Crippen molar-refractivity contribution in [3.05, 3.63) is 63.2 Å². The number of nitro benzene ring substituents is 1. The summed E-state index contributed by atoms with van der Waals surface area (Å²) in [5.74, 6) is 1.44. The number of nitrogens with zero attached hydrogens (tertiary/aromatic N) is 1. The fourth-order valence-corrected chi connectivity index (χ4v) is 3.05. The predicted molar refractivity (Wildman–Crippen MR) is 109 cm³/mol. The van der Waals surface area contributed by atoms with Crippen LogP contribution < -0.4 is 19.5 Å². The van der Waals surface area contributed by atoms with Gasteiger partial charge < -0.3 is 24.3 Å². The Kier molecular flexibility index (Phi) is 6.87. The molecular weight excluding hydrogens is 392 g/mol. The number of rotatable bonds is 8. The highest BCUT2D eigenvalue weighted by Crippen LogP contribution is 2.33. The molecule has 0 spiro atoms. The molecule has 0 radical (unpaired) electrons. The topological polar surface area (TPSA) is 109 Å². The highest BCUT2D eigenvalue weighted by molar-refractivity contribution is 5.92. The van der Waals surface area contributed by atoms with E-state index in [0.29, 0.717) is 41.3 Å². The Hall–Kier alpha value is -3.59. The summed E-state index contributed by atoms with van der Waals surface area (Å²) in [5, 5.41) is 13.9. The van der Waals surface area contributed by atoms with E-state index >= 15 is 0 Å². The molecule has 3 rings (SSSR count). The molecule has 1 heterocycles. The zero-order valence-electron chi connectivity index (χ0n) is 16.7. The van der Waals surface area contributed by atoms with Crippen LogP contribution in [0.2, 0.25) is 0 Å². The third kappa shape index (κ3) is 5.06. The quantitative estimate of drug-likeness (QED) is 0.402. The van der Waals surface area contributed by atoms with Gasteiger partial charge >= 0.3 is 0 Å². The normalized spacial score (nSPS) is 12.7. The number of ether oxygens (including phenoxy) is 4. The lowest BCUT2D eigenvalue weighted by Crippen LogP contribution is -2.23. The molecule has 9 nitrogen and oxygen atoms in total. The van der Waals surface area contributed by atoms with Gasteiger partial charge in [-0.15, -0.1) is 0 Å². The van der Waals surface area contributed by atoms with Crippen molar-refractivity contribution in [1.29, 1.82) is 0 Å². The van der Waals surface area contributed by atoms with Gasteiger partial charge in [-0.1, -0.05) is 6.07 Å². The molecule has 0 aromatic heterocycles. The van der Waals surface area contributed by atoms with Crippen molar-refractivity contribution in [1.82, 2.24) is 5.32 Å². The maximum atomic E-state index is 12.2. The maximum Gasteiger partial charge on any atom is 0.270 e. The molecule has 2 aromatic rings. The summed E-state index contributed by atoms with van der Waals surface area (Å²) in [6, 6.07) is 8.35. The van der Waals surface area contributed by atoms with Crippen LogP contribution in [0, 0.1) is 10.1 Å².